The van der Waals surface area contributed by atoms with Crippen molar-refractivity contribution in [2.75, 3.05) is 39.3 Å². The fraction of sp³-hybridized carbons (Fsp3) is 0.724. The van der Waals surface area contributed by atoms with Gasteiger partial charge >= 0.3 is 0 Å². The van der Waals surface area contributed by atoms with Crippen molar-refractivity contribution in [3.63, 3.8) is 0 Å². The van der Waals surface area contributed by atoms with Gasteiger partial charge in [-0.1, -0.05) is 57.6 Å². The molecule has 1 atom stereocenters. The Morgan fingerprint density at radius 1 is 0.784 bits per heavy atom. The number of phenols is 1. The first-order valence-corrected chi connectivity index (χ1v) is 14.5. The van der Waals surface area contributed by atoms with Crippen LogP contribution in [0.5, 0.6) is 5.75 Å². The number of nitrogens with two attached hydrogens (primary N) is 1. The average molecular weight is 520 g/mol. The SMILES string of the molecule is CCCCCCCCCC(=O)N[C@@H](Cc1ccc(O)cc1)C(=O)NCCCNCCCCNCCCN. The molecule has 0 heterocycles. The molecule has 0 saturated heterocycles. The molecule has 0 aliphatic heterocycles. The zero-order valence-corrected chi connectivity index (χ0v) is 23.2. The highest BCUT2D eigenvalue weighted by Crippen LogP contribution is 2.12. The van der Waals surface area contributed by atoms with Crippen LogP contribution in [-0.4, -0.2) is 62.2 Å². The van der Waals surface area contributed by atoms with Crippen LogP contribution in [-0.2, 0) is 16.0 Å². The molecule has 1 rings (SSSR count). The van der Waals surface area contributed by atoms with Crippen LogP contribution in [0.3, 0.4) is 0 Å². The molecule has 0 spiro atoms. The molecule has 0 aliphatic carbocycles. The molecule has 8 nitrogen and oxygen atoms in total. The number of unbranched alkanes of at least 4 members (excludes halogenated alkanes) is 7. The van der Waals surface area contributed by atoms with Gasteiger partial charge in [-0.25, -0.2) is 0 Å². The maximum Gasteiger partial charge on any atom is 0.242 e. The molecule has 0 fully saturated rings. The highest BCUT2D eigenvalue weighted by Gasteiger charge is 2.21. The van der Waals surface area contributed by atoms with Gasteiger partial charge in [-0.3, -0.25) is 9.59 Å². The number of hydrogen-bond donors (Lipinski definition) is 6. The average Bonchev–Trinajstić information content (AvgIpc) is 2.89. The predicted octanol–water partition coefficient (Wildman–Crippen LogP) is 3.37. The highest BCUT2D eigenvalue weighted by atomic mass is 16.3. The summed E-state index contributed by atoms with van der Waals surface area (Å²) in [5.41, 5.74) is 6.38. The highest BCUT2D eigenvalue weighted by molar-refractivity contribution is 5.87. The monoisotopic (exact) mass is 519 g/mol. The topological polar surface area (TPSA) is 129 Å². The van der Waals surface area contributed by atoms with E-state index in [1.165, 1.54) is 25.7 Å². The first-order chi connectivity index (χ1) is 18.1. The van der Waals surface area contributed by atoms with Crippen molar-refractivity contribution in [3.05, 3.63) is 29.8 Å². The molecule has 1 aromatic rings. The number of nitrogens with one attached hydrogen (secondary N) is 4. The van der Waals surface area contributed by atoms with Crippen LogP contribution in [0.1, 0.15) is 89.5 Å². The number of phenolic OH excluding ortho intramolecular Hbond substituents is 1. The van der Waals surface area contributed by atoms with Gasteiger partial charge in [0.25, 0.3) is 0 Å². The van der Waals surface area contributed by atoms with Crippen molar-refractivity contribution in [3.8, 4) is 5.75 Å². The molecule has 212 valence electrons. The van der Waals surface area contributed by atoms with Gasteiger partial charge in [-0.05, 0) is 82.5 Å². The molecule has 0 bridgehead atoms. The van der Waals surface area contributed by atoms with E-state index in [9.17, 15) is 14.7 Å². The smallest absolute Gasteiger partial charge is 0.242 e. The van der Waals surface area contributed by atoms with Crippen LogP contribution >= 0.6 is 0 Å². The third-order valence-electron chi connectivity index (χ3n) is 6.38. The van der Waals surface area contributed by atoms with Crippen LogP contribution in [0.15, 0.2) is 24.3 Å². The van der Waals surface area contributed by atoms with Gasteiger partial charge in [0, 0.05) is 19.4 Å². The summed E-state index contributed by atoms with van der Waals surface area (Å²) >= 11 is 0. The third-order valence-corrected chi connectivity index (χ3v) is 6.38. The van der Waals surface area contributed by atoms with Crippen molar-refractivity contribution in [1.29, 1.82) is 0 Å². The van der Waals surface area contributed by atoms with Gasteiger partial charge in [0.05, 0.1) is 0 Å². The van der Waals surface area contributed by atoms with E-state index in [2.05, 4.69) is 28.2 Å². The molecule has 0 unspecified atom stereocenters. The zero-order valence-electron chi connectivity index (χ0n) is 23.2. The Morgan fingerprint density at radius 3 is 2.03 bits per heavy atom. The van der Waals surface area contributed by atoms with Gasteiger partial charge < -0.3 is 32.1 Å². The van der Waals surface area contributed by atoms with Crippen molar-refractivity contribution in [1.82, 2.24) is 21.3 Å². The van der Waals surface area contributed by atoms with Crippen LogP contribution in [0.25, 0.3) is 0 Å². The summed E-state index contributed by atoms with van der Waals surface area (Å²) in [4.78, 5) is 25.5. The van der Waals surface area contributed by atoms with Crippen LogP contribution < -0.4 is 27.0 Å². The number of aromatic hydroxyl groups is 1. The molecule has 8 heteroatoms. The summed E-state index contributed by atoms with van der Waals surface area (Å²) in [6, 6.07) is 6.16. The molecule has 0 aliphatic rings. The normalized spacial score (nSPS) is 11.8. The maximum absolute atomic E-state index is 12.9. The van der Waals surface area contributed by atoms with E-state index in [4.69, 9.17) is 5.73 Å². The first-order valence-electron chi connectivity index (χ1n) is 14.5. The number of carbonyl (C=O) groups is 2. The first kappa shape index (κ1) is 32.9. The standard InChI is InChI=1S/C29H53N5O3/c1-2-3-4-5-6-7-8-13-28(36)34-27(24-25-14-16-26(35)17-15-25)29(37)33-23-12-22-32-20-10-9-19-31-21-11-18-30/h14-17,27,31-32,35H,2-13,18-24,30H2,1H3,(H,33,37)(H,34,36)/t27-/m0/s1. The van der Waals surface area contributed by atoms with E-state index in [0.29, 0.717) is 19.4 Å². The van der Waals surface area contributed by atoms with Crippen LogP contribution in [0, 0.1) is 0 Å². The van der Waals surface area contributed by atoms with E-state index in [1.54, 1.807) is 24.3 Å². The van der Waals surface area contributed by atoms with E-state index in [-0.39, 0.29) is 17.6 Å². The maximum atomic E-state index is 12.9. The molecule has 0 aromatic heterocycles. The Bertz CT molecular complexity index is 699. The number of amides is 2. The van der Waals surface area contributed by atoms with Crippen LogP contribution in [0.2, 0.25) is 0 Å². The molecule has 0 saturated carbocycles. The Labute approximate surface area is 224 Å². The predicted molar refractivity (Wildman–Crippen MR) is 153 cm³/mol. The quantitative estimate of drug-likeness (QED) is 0.116. The fourth-order valence-corrected chi connectivity index (χ4v) is 4.11. The lowest BCUT2D eigenvalue weighted by atomic mass is 10.0. The number of hydrogen-bond acceptors (Lipinski definition) is 6. The fourth-order valence-electron chi connectivity index (χ4n) is 4.11. The van der Waals surface area contributed by atoms with Gasteiger partial charge in [-0.2, -0.15) is 0 Å². The lowest BCUT2D eigenvalue weighted by molar-refractivity contribution is -0.129. The Hall–Kier alpha value is -2.16. The van der Waals surface area contributed by atoms with Crippen LogP contribution in [0.4, 0.5) is 0 Å². The number of carbonyl (C=O) groups excluding carboxylic acids is 2. The van der Waals surface area contributed by atoms with Crippen molar-refractivity contribution in [2.24, 2.45) is 5.73 Å². The molecule has 0 radical (unpaired) electrons. The van der Waals surface area contributed by atoms with Gasteiger partial charge in [0.1, 0.15) is 11.8 Å². The largest absolute Gasteiger partial charge is 0.508 e. The lowest BCUT2D eigenvalue weighted by Crippen LogP contribution is -2.48. The summed E-state index contributed by atoms with van der Waals surface area (Å²) in [7, 11) is 0. The summed E-state index contributed by atoms with van der Waals surface area (Å²) in [5, 5.41) is 22.3. The zero-order chi connectivity index (χ0) is 27.0. The van der Waals surface area contributed by atoms with Crippen molar-refractivity contribution in [2.45, 2.75) is 96.4 Å². The number of rotatable bonds is 24. The van der Waals surface area contributed by atoms with E-state index >= 15 is 0 Å². The Balaban J connectivity index is 2.31. The molecule has 1 aromatic carbocycles. The van der Waals surface area contributed by atoms with Gasteiger partial charge in [-0.15, -0.1) is 0 Å². The minimum atomic E-state index is -0.624. The molecule has 7 N–H and O–H groups in total. The second-order valence-electron chi connectivity index (χ2n) is 9.86. The Morgan fingerprint density at radius 2 is 1.38 bits per heavy atom. The number of benzene rings is 1. The minimum absolute atomic E-state index is 0.0772. The Kier molecular flexibility index (Phi) is 20.4. The minimum Gasteiger partial charge on any atom is -0.508 e. The van der Waals surface area contributed by atoms with Crippen molar-refractivity contribution < 1.29 is 14.7 Å². The van der Waals surface area contributed by atoms with E-state index in [1.807, 2.05) is 0 Å². The molecule has 37 heavy (non-hydrogen) atoms. The third kappa shape index (κ3) is 18.7. The molecule has 2 amide bonds. The van der Waals surface area contributed by atoms with Gasteiger partial charge in [0.15, 0.2) is 0 Å². The van der Waals surface area contributed by atoms with Gasteiger partial charge in [0.2, 0.25) is 11.8 Å². The lowest BCUT2D eigenvalue weighted by Gasteiger charge is -2.19. The summed E-state index contributed by atoms with van der Waals surface area (Å²) < 4.78 is 0. The second kappa shape index (κ2) is 23.0. The summed E-state index contributed by atoms with van der Waals surface area (Å²) in [6.07, 6.45) is 13.0. The summed E-state index contributed by atoms with van der Waals surface area (Å²) in [6.45, 7) is 7.31. The second-order valence-corrected chi connectivity index (χ2v) is 9.86. The molecular weight excluding hydrogens is 466 g/mol. The van der Waals surface area contributed by atoms with E-state index in [0.717, 1.165) is 83.2 Å². The van der Waals surface area contributed by atoms with E-state index < -0.39 is 6.04 Å². The van der Waals surface area contributed by atoms with Crippen molar-refractivity contribution >= 4 is 11.8 Å². The summed E-state index contributed by atoms with van der Waals surface area (Å²) in [5.74, 6) is -0.0562. The molecular formula is C29H53N5O3.